The number of aromatic nitrogens is 3. The molecule has 28 heavy (non-hydrogen) atoms. The van der Waals surface area contributed by atoms with Crippen LogP contribution in [0.3, 0.4) is 0 Å². The third-order valence-corrected chi connectivity index (χ3v) is 4.96. The highest BCUT2D eigenvalue weighted by molar-refractivity contribution is 7.21. The second kappa shape index (κ2) is 7.80. The summed E-state index contributed by atoms with van der Waals surface area (Å²) in [5.41, 5.74) is 2.06. The summed E-state index contributed by atoms with van der Waals surface area (Å²) in [5, 5.41) is 5.72. The quantitative estimate of drug-likeness (QED) is 0.493. The highest BCUT2D eigenvalue weighted by Gasteiger charge is 2.20. The Morgan fingerprint density at radius 1 is 1.32 bits per heavy atom. The zero-order chi connectivity index (χ0) is 20.6. The van der Waals surface area contributed by atoms with E-state index in [2.05, 4.69) is 19.5 Å². The summed E-state index contributed by atoms with van der Waals surface area (Å²) in [6, 6.07) is 6.83. The fraction of sp³-hybridized carbons (Fsp3) is 0.263. The first-order chi connectivity index (χ1) is 13.2. The molecule has 0 saturated carbocycles. The second-order valence-electron chi connectivity index (χ2n) is 7.13. The van der Waals surface area contributed by atoms with E-state index in [0.717, 1.165) is 25.9 Å². The number of nitrogens with zero attached hydrogens (tertiary/aromatic N) is 4. The van der Waals surface area contributed by atoms with Gasteiger partial charge in [-0.1, -0.05) is 31.4 Å². The molecule has 6 nitrogen and oxygen atoms in total. The van der Waals surface area contributed by atoms with Gasteiger partial charge in [-0.2, -0.15) is 5.10 Å². The van der Waals surface area contributed by atoms with Crippen molar-refractivity contribution < 1.29 is 9.18 Å². The monoisotopic (exact) mass is 398 g/mol. The molecule has 0 aliphatic carbocycles. The highest BCUT2D eigenvalue weighted by Crippen LogP contribution is 2.22. The molecule has 2 aromatic heterocycles. The lowest BCUT2D eigenvalue weighted by Crippen LogP contribution is -2.34. The molecular formula is C19H21BFN4O2P. The Labute approximate surface area is 165 Å². The van der Waals surface area contributed by atoms with Gasteiger partial charge in [0, 0.05) is 11.6 Å². The molecule has 3 aromatic rings. The molecule has 0 radical (unpaired) electrons. The highest BCUT2D eigenvalue weighted by atomic mass is 31.0. The molecular weight excluding hydrogens is 377 g/mol. The number of rotatable bonds is 4. The molecule has 1 atom stereocenters. The van der Waals surface area contributed by atoms with Crippen LogP contribution in [0.15, 0.2) is 35.3 Å². The van der Waals surface area contributed by atoms with Crippen LogP contribution in [0.4, 0.5) is 10.2 Å². The number of amides is 1. The van der Waals surface area contributed by atoms with Crippen molar-refractivity contribution in [2.45, 2.75) is 33.2 Å². The molecule has 0 N–H and O–H groups in total. The zero-order valence-electron chi connectivity index (χ0n) is 16.2. The summed E-state index contributed by atoms with van der Waals surface area (Å²) in [7, 11) is 4.11. The average molecular weight is 398 g/mol. The fourth-order valence-corrected chi connectivity index (χ4v) is 3.26. The topological polar surface area (TPSA) is 68.1 Å². The van der Waals surface area contributed by atoms with Crippen molar-refractivity contribution in [3.05, 3.63) is 57.9 Å². The van der Waals surface area contributed by atoms with Crippen molar-refractivity contribution in [3.63, 3.8) is 0 Å². The zero-order valence-corrected chi connectivity index (χ0v) is 17.4. The summed E-state index contributed by atoms with van der Waals surface area (Å²) >= 11 is 0. The molecule has 3 rings (SSSR count). The minimum atomic E-state index is -0.611. The fourth-order valence-electron chi connectivity index (χ4n) is 2.98. The van der Waals surface area contributed by atoms with Crippen LogP contribution in [0.1, 0.15) is 31.0 Å². The number of carbonyl (C=O) groups excluding carboxylic acids is 1. The molecule has 0 aliphatic heterocycles. The number of hydrogen-bond acceptors (Lipinski definition) is 4. The maximum absolute atomic E-state index is 14.1. The van der Waals surface area contributed by atoms with E-state index in [0.29, 0.717) is 10.9 Å². The first-order valence-corrected chi connectivity index (χ1v) is 9.42. The lowest BCUT2D eigenvalue weighted by atomic mass is 9.92. The van der Waals surface area contributed by atoms with Crippen LogP contribution in [0.2, 0.25) is 0 Å². The largest absolute Gasteiger partial charge is 0.277 e. The average Bonchev–Trinajstić information content (AvgIpc) is 2.63. The van der Waals surface area contributed by atoms with Gasteiger partial charge in [-0.15, -0.1) is 0 Å². The summed E-state index contributed by atoms with van der Waals surface area (Å²) in [4.78, 5) is 29.5. The van der Waals surface area contributed by atoms with Crippen molar-refractivity contribution >= 4 is 45.2 Å². The van der Waals surface area contributed by atoms with Crippen LogP contribution in [-0.4, -0.2) is 28.5 Å². The summed E-state index contributed by atoms with van der Waals surface area (Å²) in [6.45, 7) is 5.35. The van der Waals surface area contributed by atoms with E-state index in [1.54, 1.807) is 13.0 Å². The standard InChI is InChI=1S/C19H21BFN4O2P/c1-10(2)17-14-7-12(20)4-5-13(14)19(27)24(23-17)9-16(26)25(28)18-15(21)6-11(3)8-22-18/h4-8,10H,9,20,28H2,1-3H3. The van der Waals surface area contributed by atoms with E-state index in [9.17, 15) is 14.0 Å². The van der Waals surface area contributed by atoms with Gasteiger partial charge in [0.2, 0.25) is 0 Å². The molecule has 0 saturated heterocycles. The summed E-state index contributed by atoms with van der Waals surface area (Å²) in [6.07, 6.45) is 1.47. The number of carbonyl (C=O) groups is 1. The first-order valence-electron chi connectivity index (χ1n) is 8.90. The predicted octanol–water partition coefficient (Wildman–Crippen LogP) is 1.44. The van der Waals surface area contributed by atoms with E-state index in [1.165, 1.54) is 12.3 Å². The smallest absolute Gasteiger partial charge is 0.275 e. The summed E-state index contributed by atoms with van der Waals surface area (Å²) in [5.74, 6) is -1.18. The predicted molar refractivity (Wildman–Crippen MR) is 114 cm³/mol. The molecule has 9 heteroatoms. The van der Waals surface area contributed by atoms with Crippen molar-refractivity contribution in [3.8, 4) is 0 Å². The molecule has 0 fully saturated rings. The Hall–Kier alpha value is -2.60. The summed E-state index contributed by atoms with van der Waals surface area (Å²) < 4.78 is 16.3. The molecule has 1 aromatic carbocycles. The number of pyridine rings is 1. The van der Waals surface area contributed by atoms with Crippen molar-refractivity contribution in [1.29, 1.82) is 0 Å². The van der Waals surface area contributed by atoms with Gasteiger partial charge in [-0.05, 0) is 39.9 Å². The van der Waals surface area contributed by atoms with Crippen LogP contribution in [0, 0.1) is 12.7 Å². The number of aryl methyl sites for hydroxylation is 1. The SMILES string of the molecule is Bc1ccc2c(=O)n(CC(=O)N(P)c3ncc(C)cc3F)nc(C(C)C)c2c1. The molecule has 2 heterocycles. The van der Waals surface area contributed by atoms with E-state index in [4.69, 9.17) is 0 Å². The molecule has 0 aliphatic rings. The van der Waals surface area contributed by atoms with Gasteiger partial charge in [-0.3, -0.25) is 14.3 Å². The van der Waals surface area contributed by atoms with Crippen molar-refractivity contribution in [2.75, 3.05) is 4.67 Å². The van der Waals surface area contributed by atoms with Gasteiger partial charge in [0.25, 0.3) is 11.5 Å². The van der Waals surface area contributed by atoms with Crippen molar-refractivity contribution in [2.24, 2.45) is 0 Å². The molecule has 1 unspecified atom stereocenters. The van der Waals surface area contributed by atoms with Crippen LogP contribution < -0.4 is 15.7 Å². The minimum absolute atomic E-state index is 0.0644. The second-order valence-corrected chi connectivity index (χ2v) is 7.65. The van der Waals surface area contributed by atoms with Crippen LogP contribution >= 0.6 is 9.39 Å². The Kier molecular flexibility index (Phi) is 5.61. The van der Waals surface area contributed by atoms with Gasteiger partial charge < -0.3 is 0 Å². The maximum Gasteiger partial charge on any atom is 0.275 e. The first kappa shape index (κ1) is 20.1. The molecule has 1 amide bonds. The number of hydrogen-bond donors (Lipinski definition) is 0. The maximum atomic E-state index is 14.1. The number of halogens is 1. The normalized spacial score (nSPS) is 11.2. The van der Waals surface area contributed by atoms with Crippen LogP contribution in [0.25, 0.3) is 10.8 Å². The number of anilines is 1. The van der Waals surface area contributed by atoms with Crippen LogP contribution in [0.5, 0.6) is 0 Å². The lowest BCUT2D eigenvalue weighted by Gasteiger charge is -2.18. The van der Waals surface area contributed by atoms with Gasteiger partial charge in [0.15, 0.2) is 11.6 Å². The van der Waals surface area contributed by atoms with E-state index in [-0.39, 0.29) is 23.8 Å². The number of benzene rings is 1. The Balaban J connectivity index is 2.02. The van der Waals surface area contributed by atoms with Gasteiger partial charge in [-0.25, -0.2) is 14.1 Å². The number of fused-ring (bicyclic) bond motifs is 1. The minimum Gasteiger partial charge on any atom is -0.277 e. The van der Waals surface area contributed by atoms with Crippen LogP contribution in [-0.2, 0) is 11.3 Å². The van der Waals surface area contributed by atoms with Gasteiger partial charge in [0.05, 0.1) is 11.1 Å². The van der Waals surface area contributed by atoms with Gasteiger partial charge >= 0.3 is 0 Å². The van der Waals surface area contributed by atoms with E-state index in [1.807, 2.05) is 33.8 Å². The van der Waals surface area contributed by atoms with E-state index < -0.39 is 11.7 Å². The Morgan fingerprint density at radius 3 is 2.68 bits per heavy atom. The molecule has 144 valence electrons. The molecule has 0 bridgehead atoms. The Bertz CT molecular complexity index is 1130. The third-order valence-electron chi connectivity index (χ3n) is 4.43. The van der Waals surface area contributed by atoms with Gasteiger partial charge in [0.1, 0.15) is 14.4 Å². The Morgan fingerprint density at radius 2 is 2.04 bits per heavy atom. The van der Waals surface area contributed by atoms with E-state index >= 15 is 0 Å². The molecule has 0 spiro atoms. The lowest BCUT2D eigenvalue weighted by molar-refractivity contribution is -0.118. The third kappa shape index (κ3) is 3.83. The van der Waals surface area contributed by atoms with Crippen molar-refractivity contribution in [1.82, 2.24) is 14.8 Å².